The summed E-state index contributed by atoms with van der Waals surface area (Å²) in [7, 11) is 0. The minimum Gasteiger partial charge on any atom is -0.386 e. The molecule has 2 unspecified atom stereocenters. The van der Waals surface area contributed by atoms with Crippen LogP contribution in [0.15, 0.2) is 30.6 Å². The predicted octanol–water partition coefficient (Wildman–Crippen LogP) is 3.94. The SMILES string of the molecule is OC(c1ncc(Cl)cc1Cl)C1CCCc2cccnc21. The Hall–Kier alpha value is -1.16. The fraction of sp³-hybridized carbons (Fsp3) is 0.333. The molecule has 0 aromatic carbocycles. The second kappa shape index (κ2) is 5.68. The number of fused-ring (bicyclic) bond motifs is 1. The quantitative estimate of drug-likeness (QED) is 0.914. The summed E-state index contributed by atoms with van der Waals surface area (Å²) in [6.07, 6.45) is 5.44. The Balaban J connectivity index is 1.97. The fourth-order valence-electron chi connectivity index (χ4n) is 2.79. The van der Waals surface area contributed by atoms with E-state index in [2.05, 4.69) is 16.0 Å². The molecule has 104 valence electrons. The van der Waals surface area contributed by atoms with Crippen LogP contribution in [0.4, 0.5) is 0 Å². The van der Waals surface area contributed by atoms with E-state index in [1.807, 2.05) is 6.07 Å². The van der Waals surface area contributed by atoms with E-state index < -0.39 is 6.10 Å². The monoisotopic (exact) mass is 308 g/mol. The largest absolute Gasteiger partial charge is 0.386 e. The highest BCUT2D eigenvalue weighted by molar-refractivity contribution is 6.34. The Kier molecular flexibility index (Phi) is 3.92. The Morgan fingerprint density at radius 1 is 1.30 bits per heavy atom. The third kappa shape index (κ3) is 2.53. The number of hydrogen-bond donors (Lipinski definition) is 1. The zero-order valence-electron chi connectivity index (χ0n) is 10.8. The van der Waals surface area contributed by atoms with Gasteiger partial charge in [-0.1, -0.05) is 29.3 Å². The van der Waals surface area contributed by atoms with Gasteiger partial charge in [0.25, 0.3) is 0 Å². The van der Waals surface area contributed by atoms with Crippen molar-refractivity contribution in [3.63, 3.8) is 0 Å². The number of aryl methyl sites for hydroxylation is 1. The number of aliphatic hydroxyl groups excluding tert-OH is 1. The third-order valence-electron chi connectivity index (χ3n) is 3.74. The van der Waals surface area contributed by atoms with Gasteiger partial charge in [0.05, 0.1) is 15.7 Å². The van der Waals surface area contributed by atoms with E-state index in [4.69, 9.17) is 23.2 Å². The lowest BCUT2D eigenvalue weighted by atomic mass is 9.82. The van der Waals surface area contributed by atoms with Crippen LogP contribution in [-0.2, 0) is 6.42 Å². The van der Waals surface area contributed by atoms with E-state index in [-0.39, 0.29) is 5.92 Å². The van der Waals surface area contributed by atoms with Gasteiger partial charge in [0, 0.05) is 24.0 Å². The van der Waals surface area contributed by atoms with Crippen molar-refractivity contribution in [2.75, 3.05) is 0 Å². The first kappa shape index (κ1) is 13.8. The van der Waals surface area contributed by atoms with Crippen LogP contribution in [0.1, 0.15) is 41.8 Å². The first-order chi connectivity index (χ1) is 9.66. The normalized spacial score (nSPS) is 19.4. The van der Waals surface area contributed by atoms with Crippen LogP contribution in [0.3, 0.4) is 0 Å². The smallest absolute Gasteiger partial charge is 0.106 e. The molecule has 0 spiro atoms. The number of rotatable bonds is 2. The van der Waals surface area contributed by atoms with Gasteiger partial charge in [-0.25, -0.2) is 0 Å². The summed E-state index contributed by atoms with van der Waals surface area (Å²) in [5.74, 6) is -0.0638. The zero-order chi connectivity index (χ0) is 14.1. The lowest BCUT2D eigenvalue weighted by molar-refractivity contribution is 0.129. The van der Waals surface area contributed by atoms with Crippen LogP contribution in [0.25, 0.3) is 0 Å². The number of hydrogen-bond acceptors (Lipinski definition) is 3. The van der Waals surface area contributed by atoms with Gasteiger partial charge in [-0.05, 0) is 37.0 Å². The molecule has 5 heteroatoms. The molecule has 1 aliphatic rings. The Morgan fingerprint density at radius 2 is 2.15 bits per heavy atom. The Bertz CT molecular complexity index is 633. The van der Waals surface area contributed by atoms with Crippen LogP contribution in [0.2, 0.25) is 10.0 Å². The molecule has 1 N–H and O–H groups in total. The van der Waals surface area contributed by atoms with Crippen molar-refractivity contribution < 1.29 is 5.11 Å². The van der Waals surface area contributed by atoms with Crippen LogP contribution in [0.5, 0.6) is 0 Å². The molecule has 20 heavy (non-hydrogen) atoms. The van der Waals surface area contributed by atoms with Crippen LogP contribution in [0, 0.1) is 0 Å². The molecular formula is C15H14Cl2N2O. The minimum absolute atomic E-state index is 0.0638. The van der Waals surface area contributed by atoms with E-state index in [1.165, 1.54) is 11.8 Å². The van der Waals surface area contributed by atoms with Crippen LogP contribution < -0.4 is 0 Å². The number of pyridine rings is 2. The first-order valence-electron chi connectivity index (χ1n) is 6.59. The average molecular weight is 309 g/mol. The molecule has 3 rings (SSSR count). The molecule has 0 radical (unpaired) electrons. The Labute approximate surface area is 127 Å². The molecule has 0 amide bonds. The molecule has 0 bridgehead atoms. The molecule has 1 aliphatic carbocycles. The lowest BCUT2D eigenvalue weighted by Crippen LogP contribution is -2.19. The number of aliphatic hydroxyl groups is 1. The van der Waals surface area contributed by atoms with Crippen LogP contribution >= 0.6 is 23.2 Å². The molecule has 2 heterocycles. The van der Waals surface area contributed by atoms with Gasteiger partial charge < -0.3 is 5.11 Å². The van der Waals surface area contributed by atoms with Gasteiger partial charge in [0.2, 0.25) is 0 Å². The van der Waals surface area contributed by atoms with E-state index in [0.717, 1.165) is 25.0 Å². The lowest BCUT2D eigenvalue weighted by Gasteiger charge is -2.28. The van der Waals surface area contributed by atoms with Gasteiger partial charge in [-0.2, -0.15) is 0 Å². The van der Waals surface area contributed by atoms with Crippen LogP contribution in [-0.4, -0.2) is 15.1 Å². The van der Waals surface area contributed by atoms with E-state index >= 15 is 0 Å². The summed E-state index contributed by atoms with van der Waals surface area (Å²) in [4.78, 5) is 8.62. The molecule has 2 atom stereocenters. The summed E-state index contributed by atoms with van der Waals surface area (Å²) < 4.78 is 0. The predicted molar refractivity (Wildman–Crippen MR) is 79.1 cm³/mol. The minimum atomic E-state index is -0.756. The number of aromatic nitrogens is 2. The number of nitrogens with zero attached hydrogens (tertiary/aromatic N) is 2. The maximum atomic E-state index is 10.6. The molecular weight excluding hydrogens is 295 g/mol. The summed E-state index contributed by atoms with van der Waals surface area (Å²) in [5.41, 5.74) is 2.63. The third-order valence-corrected chi connectivity index (χ3v) is 4.25. The zero-order valence-corrected chi connectivity index (χ0v) is 12.3. The second-order valence-electron chi connectivity index (χ2n) is 5.01. The Morgan fingerprint density at radius 3 is 2.95 bits per heavy atom. The summed E-state index contributed by atoms with van der Waals surface area (Å²) >= 11 is 12.0. The summed E-state index contributed by atoms with van der Waals surface area (Å²) in [6, 6.07) is 5.61. The molecule has 2 aromatic rings. The molecule has 0 saturated heterocycles. The highest BCUT2D eigenvalue weighted by atomic mass is 35.5. The van der Waals surface area contributed by atoms with Crippen molar-refractivity contribution in [1.29, 1.82) is 0 Å². The van der Waals surface area contributed by atoms with Crippen molar-refractivity contribution in [2.45, 2.75) is 31.3 Å². The van der Waals surface area contributed by atoms with Crippen molar-refractivity contribution in [3.8, 4) is 0 Å². The van der Waals surface area contributed by atoms with Crippen molar-refractivity contribution in [3.05, 3.63) is 57.6 Å². The van der Waals surface area contributed by atoms with Gasteiger partial charge in [-0.15, -0.1) is 0 Å². The maximum Gasteiger partial charge on any atom is 0.106 e. The highest BCUT2D eigenvalue weighted by Gasteiger charge is 2.30. The van der Waals surface area contributed by atoms with E-state index in [9.17, 15) is 5.11 Å². The second-order valence-corrected chi connectivity index (χ2v) is 5.86. The fourth-order valence-corrected chi connectivity index (χ4v) is 3.28. The summed E-state index contributed by atoms with van der Waals surface area (Å²) in [5, 5.41) is 11.5. The molecule has 0 fully saturated rings. The molecule has 2 aromatic heterocycles. The molecule has 0 saturated carbocycles. The van der Waals surface area contributed by atoms with Gasteiger partial charge in [-0.3, -0.25) is 9.97 Å². The maximum absolute atomic E-state index is 10.6. The highest BCUT2D eigenvalue weighted by Crippen LogP contribution is 2.40. The van der Waals surface area contributed by atoms with Gasteiger partial charge >= 0.3 is 0 Å². The van der Waals surface area contributed by atoms with E-state index in [1.54, 1.807) is 12.3 Å². The topological polar surface area (TPSA) is 46.0 Å². The van der Waals surface area contributed by atoms with Gasteiger partial charge in [0.15, 0.2) is 0 Å². The van der Waals surface area contributed by atoms with Crippen molar-refractivity contribution in [2.24, 2.45) is 0 Å². The summed E-state index contributed by atoms with van der Waals surface area (Å²) in [6.45, 7) is 0. The number of halogens is 2. The van der Waals surface area contributed by atoms with E-state index in [0.29, 0.717) is 15.7 Å². The molecule has 0 aliphatic heterocycles. The standard InChI is InChI=1S/C15H14Cl2N2O/c16-10-7-12(17)14(19-8-10)15(20)11-5-1-3-9-4-2-6-18-13(9)11/h2,4,6-8,11,15,20H,1,3,5H2. The van der Waals surface area contributed by atoms with Crippen molar-refractivity contribution in [1.82, 2.24) is 9.97 Å². The first-order valence-corrected chi connectivity index (χ1v) is 7.35. The molecule has 3 nitrogen and oxygen atoms in total. The average Bonchev–Trinajstić information content (AvgIpc) is 2.46. The van der Waals surface area contributed by atoms with Gasteiger partial charge in [0.1, 0.15) is 6.10 Å². The van der Waals surface area contributed by atoms with Crippen molar-refractivity contribution >= 4 is 23.2 Å².